The molecular formula is C25H23NO3. The van der Waals surface area contributed by atoms with Crippen molar-refractivity contribution in [1.82, 2.24) is 5.32 Å². The molecule has 0 fully saturated rings. The van der Waals surface area contributed by atoms with Crippen molar-refractivity contribution in [2.24, 2.45) is 0 Å². The number of carbonyl (C=O) groups excluding carboxylic acids is 1. The fourth-order valence-electron chi connectivity index (χ4n) is 3.56. The summed E-state index contributed by atoms with van der Waals surface area (Å²) in [5, 5.41) is 3.12. The van der Waals surface area contributed by atoms with Crippen molar-refractivity contribution >= 4 is 12.0 Å². The maximum atomic E-state index is 12.7. The van der Waals surface area contributed by atoms with Gasteiger partial charge in [0.05, 0.1) is 19.8 Å². The van der Waals surface area contributed by atoms with E-state index in [4.69, 9.17) is 9.47 Å². The number of hydrogen-bond donors (Lipinski definition) is 1. The van der Waals surface area contributed by atoms with E-state index < -0.39 is 0 Å². The van der Waals surface area contributed by atoms with Crippen molar-refractivity contribution in [3.05, 3.63) is 101 Å². The first-order valence-electron chi connectivity index (χ1n) is 9.67. The summed E-state index contributed by atoms with van der Waals surface area (Å²) < 4.78 is 11.1. The molecule has 1 aliphatic rings. The maximum absolute atomic E-state index is 12.7. The highest BCUT2D eigenvalue weighted by atomic mass is 16.5. The normalized spacial score (nSPS) is 13.6. The summed E-state index contributed by atoms with van der Waals surface area (Å²) in [5.74, 6) is 1.51. The highest BCUT2D eigenvalue weighted by Crippen LogP contribution is 2.30. The Bertz CT molecular complexity index is 1030. The first kappa shape index (κ1) is 18.8. The molecule has 1 amide bonds. The highest BCUT2D eigenvalue weighted by Gasteiger charge is 2.19. The quantitative estimate of drug-likeness (QED) is 0.634. The lowest BCUT2D eigenvalue weighted by molar-refractivity contribution is -0.116. The predicted octanol–water partition coefficient (Wildman–Crippen LogP) is 4.55. The average molecular weight is 385 g/mol. The Labute approximate surface area is 170 Å². The SMILES string of the molecule is COc1ccccc1C(NC(=O)C=Cc1ccc2c(c1)CCO2)c1ccccc1. The molecule has 3 aromatic carbocycles. The molecule has 0 spiro atoms. The van der Waals surface area contributed by atoms with Crippen LogP contribution in [0.4, 0.5) is 0 Å². The van der Waals surface area contributed by atoms with Crippen LogP contribution in [0.2, 0.25) is 0 Å². The van der Waals surface area contributed by atoms with E-state index in [1.165, 1.54) is 5.56 Å². The van der Waals surface area contributed by atoms with Gasteiger partial charge >= 0.3 is 0 Å². The first-order chi connectivity index (χ1) is 14.2. The monoisotopic (exact) mass is 385 g/mol. The Balaban J connectivity index is 1.56. The van der Waals surface area contributed by atoms with Crippen LogP contribution in [0.1, 0.15) is 28.3 Å². The Hall–Kier alpha value is -3.53. The van der Waals surface area contributed by atoms with E-state index in [9.17, 15) is 4.79 Å². The highest BCUT2D eigenvalue weighted by molar-refractivity contribution is 5.92. The van der Waals surface area contributed by atoms with Gasteiger partial charge in [-0.05, 0) is 41.0 Å². The molecule has 4 nitrogen and oxygen atoms in total. The zero-order valence-corrected chi connectivity index (χ0v) is 16.3. The van der Waals surface area contributed by atoms with E-state index in [-0.39, 0.29) is 11.9 Å². The lowest BCUT2D eigenvalue weighted by Gasteiger charge is -2.21. The number of methoxy groups -OCH3 is 1. The van der Waals surface area contributed by atoms with Gasteiger partial charge < -0.3 is 14.8 Å². The predicted molar refractivity (Wildman–Crippen MR) is 114 cm³/mol. The second-order valence-electron chi connectivity index (χ2n) is 6.89. The van der Waals surface area contributed by atoms with Crippen LogP contribution in [0.15, 0.2) is 78.9 Å². The van der Waals surface area contributed by atoms with Crippen LogP contribution in [-0.4, -0.2) is 19.6 Å². The standard InChI is InChI=1S/C25H23NO3/c1-28-23-10-6-5-9-21(23)25(19-7-3-2-4-8-19)26-24(27)14-12-18-11-13-22-20(17-18)15-16-29-22/h2-14,17,25H,15-16H2,1H3,(H,26,27). The molecule has 3 aromatic rings. The van der Waals surface area contributed by atoms with Crippen LogP contribution in [0.25, 0.3) is 6.08 Å². The van der Waals surface area contributed by atoms with Crippen molar-refractivity contribution in [2.45, 2.75) is 12.5 Å². The molecule has 1 heterocycles. The van der Waals surface area contributed by atoms with Crippen molar-refractivity contribution < 1.29 is 14.3 Å². The van der Waals surface area contributed by atoms with Gasteiger partial charge in [-0.25, -0.2) is 0 Å². The van der Waals surface area contributed by atoms with Crippen LogP contribution in [-0.2, 0) is 11.2 Å². The van der Waals surface area contributed by atoms with Gasteiger partial charge in [0, 0.05) is 18.1 Å². The van der Waals surface area contributed by atoms with Crippen molar-refractivity contribution in [1.29, 1.82) is 0 Å². The molecule has 0 bridgehead atoms. The number of carbonyl (C=O) groups is 1. The molecule has 146 valence electrons. The summed E-state index contributed by atoms with van der Waals surface area (Å²) >= 11 is 0. The number of ether oxygens (including phenoxy) is 2. The Kier molecular flexibility index (Phi) is 5.61. The minimum atomic E-state index is -0.307. The molecule has 1 aliphatic heterocycles. The van der Waals surface area contributed by atoms with Gasteiger partial charge in [0.15, 0.2) is 0 Å². The molecule has 4 heteroatoms. The van der Waals surface area contributed by atoms with Gasteiger partial charge in [-0.3, -0.25) is 4.79 Å². The summed E-state index contributed by atoms with van der Waals surface area (Å²) in [5.41, 5.74) is 4.08. The summed E-state index contributed by atoms with van der Waals surface area (Å²) in [4.78, 5) is 12.7. The molecule has 0 aliphatic carbocycles. The number of amides is 1. The molecular weight excluding hydrogens is 362 g/mol. The van der Waals surface area contributed by atoms with Crippen molar-refractivity contribution in [2.75, 3.05) is 13.7 Å². The lowest BCUT2D eigenvalue weighted by atomic mass is 9.97. The maximum Gasteiger partial charge on any atom is 0.244 e. The lowest BCUT2D eigenvalue weighted by Crippen LogP contribution is -2.28. The summed E-state index contributed by atoms with van der Waals surface area (Å²) in [6.45, 7) is 0.723. The Morgan fingerprint density at radius 2 is 1.86 bits per heavy atom. The van der Waals surface area contributed by atoms with E-state index in [0.717, 1.165) is 41.2 Å². The third-order valence-corrected chi connectivity index (χ3v) is 5.01. The topological polar surface area (TPSA) is 47.6 Å². The molecule has 0 saturated heterocycles. The van der Waals surface area contributed by atoms with E-state index in [1.807, 2.05) is 72.8 Å². The number of para-hydroxylation sites is 1. The molecule has 0 saturated carbocycles. The third kappa shape index (κ3) is 4.32. The van der Waals surface area contributed by atoms with E-state index in [1.54, 1.807) is 13.2 Å². The van der Waals surface area contributed by atoms with Gasteiger partial charge in [0.25, 0.3) is 0 Å². The van der Waals surface area contributed by atoms with Gasteiger partial charge in [-0.1, -0.05) is 54.6 Å². The molecule has 4 rings (SSSR count). The largest absolute Gasteiger partial charge is 0.496 e. The zero-order valence-electron chi connectivity index (χ0n) is 16.3. The van der Waals surface area contributed by atoms with Crippen LogP contribution in [0, 0.1) is 0 Å². The van der Waals surface area contributed by atoms with Crippen molar-refractivity contribution in [3.63, 3.8) is 0 Å². The average Bonchev–Trinajstić information content (AvgIpc) is 3.24. The van der Waals surface area contributed by atoms with Crippen LogP contribution < -0.4 is 14.8 Å². The van der Waals surface area contributed by atoms with Crippen LogP contribution in [0.3, 0.4) is 0 Å². The number of hydrogen-bond acceptors (Lipinski definition) is 3. The van der Waals surface area contributed by atoms with E-state index in [0.29, 0.717) is 0 Å². The number of fused-ring (bicyclic) bond motifs is 1. The van der Waals surface area contributed by atoms with Crippen LogP contribution in [0.5, 0.6) is 11.5 Å². The van der Waals surface area contributed by atoms with E-state index >= 15 is 0 Å². The molecule has 1 N–H and O–H groups in total. The Morgan fingerprint density at radius 1 is 1.07 bits per heavy atom. The number of nitrogens with one attached hydrogen (secondary N) is 1. The Morgan fingerprint density at radius 3 is 2.69 bits per heavy atom. The van der Waals surface area contributed by atoms with E-state index in [2.05, 4.69) is 11.4 Å². The zero-order chi connectivity index (χ0) is 20.1. The summed E-state index contributed by atoms with van der Waals surface area (Å²) in [7, 11) is 1.64. The second-order valence-corrected chi connectivity index (χ2v) is 6.89. The van der Waals surface area contributed by atoms with Crippen LogP contribution >= 0.6 is 0 Å². The summed E-state index contributed by atoms with van der Waals surface area (Å²) in [6.07, 6.45) is 4.31. The van der Waals surface area contributed by atoms with Gasteiger partial charge in [-0.2, -0.15) is 0 Å². The first-order valence-corrected chi connectivity index (χ1v) is 9.67. The second kappa shape index (κ2) is 8.65. The minimum Gasteiger partial charge on any atom is -0.496 e. The fraction of sp³-hybridized carbons (Fsp3) is 0.160. The molecule has 1 atom stereocenters. The smallest absolute Gasteiger partial charge is 0.244 e. The van der Waals surface area contributed by atoms with Gasteiger partial charge in [0.1, 0.15) is 11.5 Å². The number of rotatable bonds is 6. The fourth-order valence-corrected chi connectivity index (χ4v) is 3.56. The minimum absolute atomic E-state index is 0.165. The molecule has 0 radical (unpaired) electrons. The molecule has 1 unspecified atom stereocenters. The summed E-state index contributed by atoms with van der Waals surface area (Å²) in [6, 6.07) is 23.3. The van der Waals surface area contributed by atoms with Crippen molar-refractivity contribution in [3.8, 4) is 11.5 Å². The van der Waals surface area contributed by atoms with Gasteiger partial charge in [0.2, 0.25) is 5.91 Å². The number of benzene rings is 3. The third-order valence-electron chi connectivity index (χ3n) is 5.01. The van der Waals surface area contributed by atoms with Gasteiger partial charge in [-0.15, -0.1) is 0 Å². The molecule has 0 aromatic heterocycles. The molecule has 29 heavy (non-hydrogen) atoms.